The minimum Gasteiger partial charge on any atom is -0.497 e. The molecule has 0 heterocycles. The van der Waals surface area contributed by atoms with Crippen LogP contribution in [0.4, 0.5) is 19.7 Å². The first kappa shape index (κ1) is 49.4. The van der Waals surface area contributed by atoms with Crippen molar-refractivity contribution in [2.45, 2.75) is 83.2 Å². The molecule has 0 fully saturated rings. The van der Waals surface area contributed by atoms with Crippen LogP contribution >= 0.6 is 0 Å². The van der Waals surface area contributed by atoms with E-state index in [9.17, 15) is 34.0 Å². The van der Waals surface area contributed by atoms with Gasteiger partial charge in [0.25, 0.3) is 0 Å². The molecular formula is C45H57FN4O12Si. The molecule has 0 radical (unpaired) electrons. The highest BCUT2D eigenvalue weighted by molar-refractivity contribution is 6.76. The number of alkyl carbamates (subject to hydrolysis) is 2. The lowest BCUT2D eigenvalue weighted by Crippen LogP contribution is -2.49. The molecule has 0 spiro atoms. The van der Waals surface area contributed by atoms with Crippen molar-refractivity contribution in [2.24, 2.45) is 0 Å². The summed E-state index contributed by atoms with van der Waals surface area (Å²) in [6.45, 7) is 11.5. The van der Waals surface area contributed by atoms with E-state index in [1.807, 2.05) is 30.3 Å². The number of aliphatic hydroxyl groups excluding tert-OH is 1. The van der Waals surface area contributed by atoms with Crippen LogP contribution in [0.2, 0.25) is 25.7 Å². The molecule has 0 aliphatic carbocycles. The second kappa shape index (κ2) is 22.7. The summed E-state index contributed by atoms with van der Waals surface area (Å²) in [6.07, 6.45) is -1.83. The van der Waals surface area contributed by atoms with E-state index >= 15 is 0 Å². The Morgan fingerprint density at radius 3 is 2.16 bits per heavy atom. The van der Waals surface area contributed by atoms with Crippen molar-refractivity contribution < 1.29 is 57.2 Å². The van der Waals surface area contributed by atoms with E-state index in [-0.39, 0.29) is 43.3 Å². The molecular weight excluding hydrogens is 836 g/mol. The number of hydrogen-bond acceptors (Lipinski definition) is 12. The number of halogens is 1. The number of nitro groups is 1. The van der Waals surface area contributed by atoms with Gasteiger partial charge in [-0.25, -0.2) is 9.59 Å². The molecule has 340 valence electrons. The van der Waals surface area contributed by atoms with E-state index in [0.717, 1.165) is 17.7 Å². The van der Waals surface area contributed by atoms with Crippen molar-refractivity contribution in [1.82, 2.24) is 16.0 Å². The zero-order valence-electron chi connectivity index (χ0n) is 36.8. The molecule has 16 nitrogen and oxygen atoms in total. The number of carbonyl (C=O) groups excluding carboxylic acids is 3. The number of hydrogen-bond donors (Lipinski definition) is 4. The molecule has 18 heteroatoms. The van der Waals surface area contributed by atoms with Gasteiger partial charge in [0.2, 0.25) is 11.7 Å². The summed E-state index contributed by atoms with van der Waals surface area (Å²) in [5, 5.41) is 30.2. The summed E-state index contributed by atoms with van der Waals surface area (Å²) in [6, 6.07) is 20.1. The topological polar surface area (TPSA) is 206 Å². The Bertz CT molecular complexity index is 2180. The Labute approximate surface area is 367 Å². The highest BCUT2D eigenvalue weighted by Crippen LogP contribution is 2.37. The number of amides is 3. The highest BCUT2D eigenvalue weighted by Gasteiger charge is 2.28. The molecule has 0 saturated carbocycles. The van der Waals surface area contributed by atoms with Crippen molar-refractivity contribution >= 4 is 31.9 Å². The van der Waals surface area contributed by atoms with Crippen molar-refractivity contribution in [2.75, 3.05) is 34.0 Å². The smallest absolute Gasteiger partial charge is 0.408 e. The van der Waals surface area contributed by atoms with Gasteiger partial charge in [-0.1, -0.05) is 62.1 Å². The van der Waals surface area contributed by atoms with Crippen LogP contribution in [0, 0.1) is 15.9 Å². The van der Waals surface area contributed by atoms with E-state index in [1.165, 1.54) is 20.3 Å². The number of benzene rings is 4. The van der Waals surface area contributed by atoms with Crippen LogP contribution in [-0.2, 0) is 32.0 Å². The van der Waals surface area contributed by atoms with Crippen molar-refractivity contribution in [3.63, 3.8) is 0 Å². The van der Waals surface area contributed by atoms with E-state index in [0.29, 0.717) is 28.7 Å². The maximum Gasteiger partial charge on any atom is 0.408 e. The van der Waals surface area contributed by atoms with Crippen LogP contribution in [0.1, 0.15) is 55.1 Å². The van der Waals surface area contributed by atoms with Crippen LogP contribution < -0.4 is 30.2 Å². The largest absolute Gasteiger partial charge is 0.497 e. The first-order chi connectivity index (χ1) is 29.8. The molecule has 3 amide bonds. The zero-order chi connectivity index (χ0) is 46.3. The lowest BCUT2D eigenvalue weighted by molar-refractivity contribution is -0.387. The summed E-state index contributed by atoms with van der Waals surface area (Å²) in [4.78, 5) is 50.5. The Morgan fingerprint density at radius 1 is 0.810 bits per heavy atom. The number of nitro benzene ring substituents is 1. The SMILES string of the molecule is COc1cc(Oc2cc([C@H](COCc3ccccc3)NC(=O)OC(C)(C)C)ccc2OC)cc([C@@H](CO)NC(=O)[C@@H](Cc2ccc(F)c([N+](=O)[O-])c2)NC(=O)OCC[Si](C)(C)C)c1. The minimum absolute atomic E-state index is 0.0746. The molecule has 4 N–H and O–H groups in total. The van der Waals surface area contributed by atoms with Crippen LogP contribution in [0.3, 0.4) is 0 Å². The van der Waals surface area contributed by atoms with Crippen LogP contribution in [0.15, 0.2) is 84.9 Å². The van der Waals surface area contributed by atoms with Gasteiger partial charge in [-0.2, -0.15) is 4.39 Å². The summed E-state index contributed by atoms with van der Waals surface area (Å²) in [7, 11) is 1.31. The molecule has 3 atom stereocenters. The maximum absolute atomic E-state index is 14.2. The normalized spacial score (nSPS) is 12.9. The van der Waals surface area contributed by atoms with Crippen molar-refractivity contribution in [1.29, 1.82) is 0 Å². The van der Waals surface area contributed by atoms with E-state index in [4.69, 9.17) is 28.4 Å². The Balaban J connectivity index is 1.62. The fraction of sp³-hybridized carbons (Fsp3) is 0.400. The van der Waals surface area contributed by atoms with Crippen molar-refractivity contribution in [3.05, 3.63) is 123 Å². The van der Waals surface area contributed by atoms with Crippen LogP contribution in [0.5, 0.6) is 23.0 Å². The Hall–Kier alpha value is -6.24. The minimum atomic E-state index is -1.58. The predicted octanol–water partition coefficient (Wildman–Crippen LogP) is 8.15. The number of aliphatic hydroxyl groups is 1. The molecule has 0 aliphatic heterocycles. The third kappa shape index (κ3) is 16.2. The van der Waals surface area contributed by atoms with Gasteiger partial charge in [-0.3, -0.25) is 14.9 Å². The standard InChI is InChI=1S/C45H57FN4O12Si/c1-45(2,3)62-44(54)49-38(28-59-27-29-12-10-9-11-13-29)31-15-17-40(58-5)41(24-31)61-34-23-32(22-33(25-34)57-4)37(26-51)47-42(52)36(48-43(53)60-18-19-63(6,7)8)20-30-14-16-35(46)39(21-30)50(55)56/h9-17,21-25,36-38,51H,18-20,26-28H2,1-8H3,(H,47,52)(H,48,53)(H,49,54)/t36-,37-,38+/m1/s1. The molecule has 63 heavy (non-hydrogen) atoms. The van der Waals surface area contributed by atoms with E-state index in [2.05, 4.69) is 35.6 Å². The average Bonchev–Trinajstić information content (AvgIpc) is 3.21. The molecule has 0 unspecified atom stereocenters. The second-order valence-electron chi connectivity index (χ2n) is 16.8. The fourth-order valence-electron chi connectivity index (χ4n) is 6.04. The molecule has 4 rings (SSSR count). The molecule has 0 bridgehead atoms. The lowest BCUT2D eigenvalue weighted by atomic mass is 10.0. The quantitative estimate of drug-likeness (QED) is 0.0355. The summed E-state index contributed by atoms with van der Waals surface area (Å²) >= 11 is 0. The first-order valence-corrected chi connectivity index (χ1v) is 23.9. The number of rotatable bonds is 21. The zero-order valence-corrected chi connectivity index (χ0v) is 37.8. The number of nitrogens with zero attached hydrogens (tertiary/aromatic N) is 1. The first-order valence-electron chi connectivity index (χ1n) is 20.2. The van der Waals surface area contributed by atoms with Crippen LogP contribution in [0.25, 0.3) is 0 Å². The van der Waals surface area contributed by atoms with Gasteiger partial charge in [0.05, 0.1) is 57.7 Å². The highest BCUT2D eigenvalue weighted by atomic mass is 28.3. The number of nitrogens with one attached hydrogen (secondary N) is 3. The van der Waals surface area contributed by atoms with Crippen LogP contribution in [-0.4, -0.2) is 81.9 Å². The maximum atomic E-state index is 14.2. The summed E-state index contributed by atoms with van der Waals surface area (Å²) in [5.74, 6) is -0.756. The van der Waals surface area contributed by atoms with E-state index in [1.54, 1.807) is 57.2 Å². The van der Waals surface area contributed by atoms with Gasteiger partial charge in [0.1, 0.15) is 23.1 Å². The monoisotopic (exact) mass is 892 g/mol. The Morgan fingerprint density at radius 2 is 1.52 bits per heavy atom. The third-order valence-corrected chi connectivity index (χ3v) is 11.0. The fourth-order valence-corrected chi connectivity index (χ4v) is 6.75. The van der Waals surface area contributed by atoms with Gasteiger partial charge in [0, 0.05) is 26.6 Å². The molecule has 0 saturated heterocycles. The Kier molecular flexibility index (Phi) is 17.8. The summed E-state index contributed by atoms with van der Waals surface area (Å²) < 4.78 is 48.7. The van der Waals surface area contributed by atoms with Gasteiger partial charge in [-0.05, 0) is 79.4 Å². The molecule has 4 aromatic carbocycles. The number of carbonyl (C=O) groups is 3. The third-order valence-electron chi connectivity index (χ3n) is 9.29. The van der Waals surface area contributed by atoms with E-state index < -0.39 is 72.9 Å². The van der Waals surface area contributed by atoms with Gasteiger partial charge in [0.15, 0.2) is 11.5 Å². The number of methoxy groups -OCH3 is 2. The molecule has 0 aromatic heterocycles. The van der Waals surface area contributed by atoms with Gasteiger partial charge < -0.3 is 49.5 Å². The predicted molar refractivity (Wildman–Crippen MR) is 235 cm³/mol. The molecule has 4 aromatic rings. The average molecular weight is 893 g/mol. The lowest BCUT2D eigenvalue weighted by Gasteiger charge is -2.25. The summed E-state index contributed by atoms with van der Waals surface area (Å²) in [5.41, 5.74) is 0.506. The van der Waals surface area contributed by atoms with Gasteiger partial charge in [-0.15, -0.1) is 0 Å². The van der Waals surface area contributed by atoms with Gasteiger partial charge >= 0.3 is 17.9 Å². The second-order valence-corrected chi connectivity index (χ2v) is 22.4. The van der Waals surface area contributed by atoms with Crippen molar-refractivity contribution in [3.8, 4) is 23.0 Å². The number of ether oxygens (including phenoxy) is 6. The molecule has 0 aliphatic rings.